The van der Waals surface area contributed by atoms with Crippen LogP contribution in [0.5, 0.6) is 0 Å². The molecular formula is C21H13Cl2NO3S. The first-order chi connectivity index (χ1) is 13.5. The Kier molecular flexibility index (Phi) is 6.48. The second-order valence-corrected chi connectivity index (χ2v) is 7.43. The summed E-state index contributed by atoms with van der Waals surface area (Å²) in [5.41, 5.74) is 2.77. The van der Waals surface area contributed by atoms with Gasteiger partial charge in [-0.1, -0.05) is 47.3 Å². The quantitative estimate of drug-likeness (QED) is 0.330. The Balaban J connectivity index is 1.69. The maximum atomic E-state index is 12.5. The molecule has 0 atom stereocenters. The fraction of sp³-hybridized carbons (Fsp3) is 0.0952. The Morgan fingerprint density at radius 2 is 1.86 bits per heavy atom. The van der Waals surface area contributed by atoms with E-state index in [1.165, 1.54) is 18.4 Å². The van der Waals surface area contributed by atoms with Crippen LogP contribution in [0.2, 0.25) is 10.0 Å². The molecule has 28 heavy (non-hydrogen) atoms. The molecule has 0 aliphatic rings. The lowest BCUT2D eigenvalue weighted by atomic mass is 10.1. The number of esters is 1. The zero-order chi connectivity index (χ0) is 20.1. The second kappa shape index (κ2) is 9.03. The maximum absolute atomic E-state index is 12.5. The average Bonchev–Trinajstić information content (AvgIpc) is 3.17. The highest BCUT2D eigenvalue weighted by molar-refractivity contribution is 7.10. The van der Waals surface area contributed by atoms with Crippen molar-refractivity contribution in [1.29, 1.82) is 0 Å². The third kappa shape index (κ3) is 4.99. The van der Waals surface area contributed by atoms with Gasteiger partial charge < -0.3 is 4.74 Å². The Bertz CT molecular complexity index is 1090. The minimum Gasteiger partial charge on any atom is -0.459 e. The number of ether oxygens (including phenoxy) is 1. The first-order valence-electron chi connectivity index (χ1n) is 8.09. The Morgan fingerprint density at radius 1 is 1.11 bits per heavy atom. The van der Waals surface area contributed by atoms with Crippen molar-refractivity contribution in [3.63, 3.8) is 0 Å². The summed E-state index contributed by atoms with van der Waals surface area (Å²) < 4.78 is 4.46. The van der Waals surface area contributed by atoms with E-state index in [2.05, 4.69) is 21.6 Å². The molecule has 0 radical (unpaired) electrons. The molecule has 0 saturated carbocycles. The van der Waals surface area contributed by atoms with Crippen molar-refractivity contribution in [2.24, 2.45) is 0 Å². The Hall–Kier alpha value is -2.65. The number of hydrogen-bond donors (Lipinski definition) is 0. The number of halogens is 2. The largest absolute Gasteiger partial charge is 0.459 e. The summed E-state index contributed by atoms with van der Waals surface area (Å²) >= 11 is 13.4. The number of methoxy groups -OCH3 is 1. The van der Waals surface area contributed by atoms with Crippen LogP contribution in [-0.4, -0.2) is 23.8 Å². The van der Waals surface area contributed by atoms with Gasteiger partial charge in [0.1, 0.15) is 5.01 Å². The molecule has 140 valence electrons. The van der Waals surface area contributed by atoms with Crippen molar-refractivity contribution >= 4 is 46.3 Å². The number of Topliss-reactive ketones (excluding diaryl/α,β-unsaturated/α-hetero) is 1. The predicted octanol–water partition coefficient (Wildman–Crippen LogP) is 5.07. The number of rotatable bonds is 4. The average molecular weight is 430 g/mol. The summed E-state index contributed by atoms with van der Waals surface area (Å²) in [5.74, 6) is 4.35. The summed E-state index contributed by atoms with van der Waals surface area (Å²) in [5, 5.41) is 3.53. The normalized spacial score (nSPS) is 10.1. The van der Waals surface area contributed by atoms with E-state index < -0.39 is 5.97 Å². The number of aromatic nitrogens is 1. The number of carbonyl (C=O) groups is 2. The number of thiazole rings is 1. The van der Waals surface area contributed by atoms with E-state index in [9.17, 15) is 9.59 Å². The molecule has 3 rings (SSSR count). The number of carbonyl (C=O) groups excluding carboxylic acids is 2. The van der Waals surface area contributed by atoms with E-state index in [4.69, 9.17) is 23.2 Å². The van der Waals surface area contributed by atoms with Crippen molar-refractivity contribution in [3.05, 3.63) is 74.0 Å². The van der Waals surface area contributed by atoms with Gasteiger partial charge >= 0.3 is 5.97 Å². The molecule has 1 heterocycles. The van der Waals surface area contributed by atoms with Crippen molar-refractivity contribution in [3.8, 4) is 23.1 Å². The van der Waals surface area contributed by atoms with E-state index in [0.29, 0.717) is 26.2 Å². The van der Waals surface area contributed by atoms with Crippen LogP contribution in [0.1, 0.15) is 20.9 Å². The Morgan fingerprint density at radius 3 is 2.54 bits per heavy atom. The van der Waals surface area contributed by atoms with Crippen molar-refractivity contribution in [1.82, 2.24) is 4.98 Å². The molecule has 0 spiro atoms. The minimum atomic E-state index is -0.610. The second-order valence-electron chi connectivity index (χ2n) is 5.67. The molecule has 3 aromatic rings. The van der Waals surface area contributed by atoms with Crippen molar-refractivity contribution in [2.45, 2.75) is 6.42 Å². The van der Waals surface area contributed by atoms with Crippen LogP contribution in [-0.2, 0) is 16.0 Å². The molecule has 4 nitrogen and oxygen atoms in total. The van der Waals surface area contributed by atoms with Gasteiger partial charge in [0.05, 0.1) is 29.3 Å². The molecule has 0 amide bonds. The van der Waals surface area contributed by atoms with Crippen LogP contribution in [0.3, 0.4) is 0 Å². The summed E-state index contributed by atoms with van der Waals surface area (Å²) in [4.78, 5) is 28.0. The van der Waals surface area contributed by atoms with Crippen LogP contribution in [0.4, 0.5) is 0 Å². The van der Waals surface area contributed by atoms with Crippen LogP contribution in [0, 0.1) is 11.8 Å². The molecule has 0 fully saturated rings. The van der Waals surface area contributed by atoms with Gasteiger partial charge in [0.2, 0.25) is 0 Å². The van der Waals surface area contributed by atoms with Gasteiger partial charge in [-0.2, -0.15) is 0 Å². The smallest absolute Gasteiger partial charge is 0.384 e. The van der Waals surface area contributed by atoms with Gasteiger partial charge in [-0.25, -0.2) is 9.78 Å². The highest BCUT2D eigenvalue weighted by Gasteiger charge is 2.12. The third-order valence-corrected chi connectivity index (χ3v) is 5.37. The highest BCUT2D eigenvalue weighted by atomic mass is 35.5. The molecule has 0 bridgehead atoms. The van der Waals surface area contributed by atoms with Crippen molar-refractivity contribution in [2.75, 3.05) is 7.11 Å². The fourth-order valence-electron chi connectivity index (χ4n) is 2.33. The van der Waals surface area contributed by atoms with Gasteiger partial charge in [0, 0.05) is 28.0 Å². The predicted molar refractivity (Wildman–Crippen MR) is 111 cm³/mol. The third-order valence-electron chi connectivity index (χ3n) is 3.78. The zero-order valence-corrected chi connectivity index (χ0v) is 17.0. The molecule has 0 aliphatic heterocycles. The SMILES string of the molecule is COC(=O)C#Cc1ccc(C(=O)Cc2nc(-c3ccc(Cl)c(Cl)c3)cs2)cc1. The van der Waals surface area contributed by atoms with Crippen LogP contribution in [0.25, 0.3) is 11.3 Å². The lowest BCUT2D eigenvalue weighted by Gasteiger charge is -2.00. The fourth-order valence-corrected chi connectivity index (χ4v) is 3.43. The summed E-state index contributed by atoms with van der Waals surface area (Å²) in [6, 6.07) is 12.0. The summed E-state index contributed by atoms with van der Waals surface area (Å²) in [6.45, 7) is 0. The minimum absolute atomic E-state index is 0.0532. The van der Waals surface area contributed by atoms with E-state index >= 15 is 0 Å². The maximum Gasteiger partial charge on any atom is 0.384 e. The van der Waals surface area contributed by atoms with E-state index in [1.54, 1.807) is 36.4 Å². The molecular weight excluding hydrogens is 417 g/mol. The molecule has 0 unspecified atom stereocenters. The van der Waals surface area contributed by atoms with Gasteiger partial charge in [-0.05, 0) is 24.3 Å². The first-order valence-corrected chi connectivity index (χ1v) is 9.73. The Labute approximate surface area is 176 Å². The molecule has 2 aromatic carbocycles. The standard InChI is InChI=1S/C21H13Cl2NO3S/c1-27-21(26)9-4-13-2-5-14(6-3-13)19(25)11-20-24-18(12-28-20)15-7-8-16(22)17(23)10-15/h2-3,5-8,10,12H,11H2,1H3. The van der Waals surface area contributed by atoms with Crippen LogP contribution in [0.15, 0.2) is 47.8 Å². The van der Waals surface area contributed by atoms with E-state index in [-0.39, 0.29) is 12.2 Å². The van der Waals surface area contributed by atoms with Gasteiger partial charge in [-0.15, -0.1) is 11.3 Å². The van der Waals surface area contributed by atoms with Crippen LogP contribution < -0.4 is 0 Å². The summed E-state index contributed by atoms with van der Waals surface area (Å²) in [6.07, 6.45) is 0.194. The highest BCUT2D eigenvalue weighted by Crippen LogP contribution is 2.29. The summed E-state index contributed by atoms with van der Waals surface area (Å²) in [7, 11) is 1.27. The molecule has 0 aliphatic carbocycles. The van der Waals surface area contributed by atoms with Gasteiger partial charge in [0.15, 0.2) is 5.78 Å². The van der Waals surface area contributed by atoms with E-state index in [0.717, 1.165) is 11.3 Å². The molecule has 0 saturated heterocycles. The molecule has 7 heteroatoms. The number of benzene rings is 2. The van der Waals surface area contributed by atoms with Gasteiger partial charge in [0.25, 0.3) is 0 Å². The topological polar surface area (TPSA) is 56.3 Å². The van der Waals surface area contributed by atoms with Gasteiger partial charge in [-0.3, -0.25) is 4.79 Å². The molecule has 1 aromatic heterocycles. The first kappa shape index (κ1) is 20.1. The number of nitrogens with zero attached hydrogens (tertiary/aromatic N) is 1. The lowest BCUT2D eigenvalue weighted by Crippen LogP contribution is -2.03. The zero-order valence-electron chi connectivity index (χ0n) is 14.7. The van der Waals surface area contributed by atoms with E-state index in [1.807, 2.05) is 11.4 Å². The number of hydrogen-bond acceptors (Lipinski definition) is 5. The van der Waals surface area contributed by atoms with Crippen LogP contribution >= 0.6 is 34.5 Å². The number of ketones is 1. The monoisotopic (exact) mass is 429 g/mol. The lowest BCUT2D eigenvalue weighted by molar-refractivity contribution is -0.133. The van der Waals surface area contributed by atoms with Crippen molar-refractivity contribution < 1.29 is 14.3 Å². The molecule has 0 N–H and O–H groups in total.